The first-order chi connectivity index (χ1) is 21.7. The molecule has 1 N–H and O–H groups in total. The fourth-order valence-electron chi connectivity index (χ4n) is 5.14. The van der Waals surface area contributed by atoms with Crippen LogP contribution in [0.25, 0.3) is 0 Å². The van der Waals surface area contributed by atoms with Crippen LogP contribution in [0, 0.1) is 0 Å². The van der Waals surface area contributed by atoms with Gasteiger partial charge in [-0.2, -0.15) is 0 Å². The number of hydrogen-bond acceptors (Lipinski definition) is 4. The molecule has 0 fully saturated rings. The van der Waals surface area contributed by atoms with Gasteiger partial charge in [-0.15, -0.1) is 0 Å². The van der Waals surface area contributed by atoms with E-state index in [9.17, 15) is 9.90 Å². The van der Waals surface area contributed by atoms with Gasteiger partial charge in [0.05, 0.1) is 13.2 Å². The van der Waals surface area contributed by atoms with Gasteiger partial charge in [-0.25, -0.2) is 0 Å². The zero-order valence-corrected chi connectivity index (χ0v) is 29.2. The topological polar surface area (TPSA) is 55.8 Å². The Morgan fingerprint density at radius 1 is 0.568 bits per heavy atom. The van der Waals surface area contributed by atoms with E-state index in [1.165, 1.54) is 103 Å². The highest BCUT2D eigenvalue weighted by atomic mass is 16.6. The summed E-state index contributed by atoms with van der Waals surface area (Å²) in [6, 6.07) is 0. The van der Waals surface area contributed by atoms with E-state index in [2.05, 4.69) is 62.5 Å². The fourth-order valence-corrected chi connectivity index (χ4v) is 5.14. The highest BCUT2D eigenvalue weighted by molar-refractivity contribution is 5.69. The molecule has 0 saturated heterocycles. The highest BCUT2D eigenvalue weighted by Crippen LogP contribution is 2.14. The third-order valence-electron chi connectivity index (χ3n) is 7.92. The molecule has 1 atom stereocenters. The van der Waals surface area contributed by atoms with Crippen LogP contribution in [-0.2, 0) is 14.3 Å². The molecule has 0 aromatic carbocycles. The molecule has 4 nitrogen and oxygen atoms in total. The van der Waals surface area contributed by atoms with Crippen molar-refractivity contribution in [3.8, 4) is 0 Å². The zero-order chi connectivity index (χ0) is 32.0. The second-order valence-electron chi connectivity index (χ2n) is 12.3. The number of carbonyl (C=O) groups is 1. The Morgan fingerprint density at radius 3 is 1.50 bits per heavy atom. The van der Waals surface area contributed by atoms with Crippen molar-refractivity contribution in [3.63, 3.8) is 0 Å². The van der Waals surface area contributed by atoms with E-state index in [1.807, 2.05) is 0 Å². The van der Waals surface area contributed by atoms with Gasteiger partial charge >= 0.3 is 5.97 Å². The van der Waals surface area contributed by atoms with Crippen molar-refractivity contribution in [3.05, 3.63) is 48.6 Å². The molecule has 44 heavy (non-hydrogen) atoms. The Hall–Kier alpha value is -1.65. The van der Waals surface area contributed by atoms with Gasteiger partial charge in [0, 0.05) is 13.0 Å². The second-order valence-corrected chi connectivity index (χ2v) is 12.3. The summed E-state index contributed by atoms with van der Waals surface area (Å²) in [5, 5.41) is 9.55. The quantitative estimate of drug-likeness (QED) is 0.0444. The lowest BCUT2D eigenvalue weighted by atomic mass is 10.0. The third kappa shape index (κ3) is 34.8. The Bertz CT molecular complexity index is 693. The average Bonchev–Trinajstić information content (AvgIpc) is 3.03. The molecule has 4 heteroatoms. The van der Waals surface area contributed by atoms with E-state index >= 15 is 0 Å². The molecule has 0 aliphatic heterocycles. The van der Waals surface area contributed by atoms with Crippen LogP contribution in [0.1, 0.15) is 174 Å². The fraction of sp³-hybridized carbons (Fsp3) is 0.775. The highest BCUT2D eigenvalue weighted by Gasteiger charge is 2.13. The number of esters is 1. The van der Waals surface area contributed by atoms with Gasteiger partial charge in [0.2, 0.25) is 0 Å². The molecule has 256 valence electrons. The first-order valence-corrected chi connectivity index (χ1v) is 18.7. The van der Waals surface area contributed by atoms with Gasteiger partial charge in [0.1, 0.15) is 6.10 Å². The predicted octanol–water partition coefficient (Wildman–Crippen LogP) is 11.9. The van der Waals surface area contributed by atoms with Gasteiger partial charge in [0.25, 0.3) is 0 Å². The van der Waals surface area contributed by atoms with E-state index in [-0.39, 0.29) is 19.2 Å². The maximum atomic E-state index is 12.1. The second kappa shape index (κ2) is 37.5. The smallest absolute Gasteiger partial charge is 0.306 e. The van der Waals surface area contributed by atoms with Crippen LogP contribution in [0.5, 0.6) is 0 Å². The number of aliphatic hydroxyl groups is 1. The van der Waals surface area contributed by atoms with E-state index in [1.54, 1.807) is 0 Å². The van der Waals surface area contributed by atoms with Crippen LogP contribution in [0.4, 0.5) is 0 Å². The van der Waals surface area contributed by atoms with Crippen LogP contribution < -0.4 is 0 Å². The van der Waals surface area contributed by atoms with E-state index in [0.717, 1.165) is 51.4 Å². The number of rotatable bonds is 34. The molecule has 0 amide bonds. The molecule has 0 aliphatic rings. The maximum absolute atomic E-state index is 12.1. The summed E-state index contributed by atoms with van der Waals surface area (Å²) in [6.45, 7) is 5.20. The van der Waals surface area contributed by atoms with Gasteiger partial charge < -0.3 is 14.6 Å². The zero-order valence-electron chi connectivity index (χ0n) is 29.2. The molecule has 0 saturated carbocycles. The summed E-state index contributed by atoms with van der Waals surface area (Å²) in [7, 11) is 0. The van der Waals surface area contributed by atoms with Gasteiger partial charge in [0.15, 0.2) is 0 Å². The van der Waals surface area contributed by atoms with Crippen molar-refractivity contribution in [2.45, 2.75) is 180 Å². The lowest BCUT2D eigenvalue weighted by Crippen LogP contribution is -2.27. The van der Waals surface area contributed by atoms with Crippen molar-refractivity contribution in [1.29, 1.82) is 0 Å². The Labute approximate surface area is 273 Å². The Kier molecular flexibility index (Phi) is 36.1. The minimum Gasteiger partial charge on any atom is -0.457 e. The lowest BCUT2D eigenvalue weighted by molar-refractivity contribution is -0.154. The largest absolute Gasteiger partial charge is 0.457 e. The summed E-state index contributed by atoms with van der Waals surface area (Å²) < 4.78 is 11.1. The maximum Gasteiger partial charge on any atom is 0.306 e. The number of ether oxygens (including phenoxy) is 2. The number of aliphatic hydroxyl groups excluding tert-OH is 1. The molecule has 0 heterocycles. The molecule has 0 spiro atoms. The monoisotopic (exact) mass is 617 g/mol. The first kappa shape index (κ1) is 42.3. The summed E-state index contributed by atoms with van der Waals surface area (Å²) in [6.07, 6.45) is 47.3. The van der Waals surface area contributed by atoms with Crippen molar-refractivity contribution in [2.24, 2.45) is 0 Å². The van der Waals surface area contributed by atoms with Crippen molar-refractivity contribution >= 4 is 5.97 Å². The lowest BCUT2D eigenvalue weighted by Gasteiger charge is -2.15. The molecular formula is C40H72O4. The third-order valence-corrected chi connectivity index (χ3v) is 7.92. The molecule has 0 aliphatic carbocycles. The van der Waals surface area contributed by atoms with E-state index < -0.39 is 6.10 Å². The van der Waals surface area contributed by atoms with Crippen LogP contribution in [0.3, 0.4) is 0 Å². The van der Waals surface area contributed by atoms with Crippen molar-refractivity contribution in [1.82, 2.24) is 0 Å². The minimum absolute atomic E-state index is 0.188. The molecule has 0 aromatic rings. The normalized spacial score (nSPS) is 12.9. The van der Waals surface area contributed by atoms with Crippen molar-refractivity contribution < 1.29 is 19.4 Å². The van der Waals surface area contributed by atoms with Crippen LogP contribution in [0.15, 0.2) is 48.6 Å². The number of allylic oxidation sites excluding steroid dienone is 8. The minimum atomic E-state index is -0.553. The molecule has 0 radical (unpaired) electrons. The predicted molar refractivity (Wildman–Crippen MR) is 191 cm³/mol. The van der Waals surface area contributed by atoms with Crippen molar-refractivity contribution in [2.75, 3.05) is 19.8 Å². The van der Waals surface area contributed by atoms with Crippen LogP contribution in [-0.4, -0.2) is 37.0 Å². The van der Waals surface area contributed by atoms with Crippen LogP contribution >= 0.6 is 0 Å². The van der Waals surface area contributed by atoms with Gasteiger partial charge in [-0.05, 0) is 51.4 Å². The molecule has 0 aromatic heterocycles. The number of unbranched alkanes of at least 4 members (excludes halogenated alkanes) is 18. The standard InChI is InChI=1S/C40H72O4/c1-3-5-7-9-11-13-15-17-19-20-22-24-26-28-30-32-34-36-43-38-39(37-41)44-40(42)35-33-31-29-27-25-23-21-18-16-14-12-10-8-6-4-2/h6,8,12,14,18,21,25,27,39,41H,3-5,7,9-11,13,15-17,19-20,22-24,26,28-38H2,1-2H3/b8-6-,14-12-,21-18-,27-25-. The number of carbonyl (C=O) groups excluding carboxylic acids is 1. The van der Waals surface area contributed by atoms with E-state index in [0.29, 0.717) is 13.0 Å². The summed E-state index contributed by atoms with van der Waals surface area (Å²) in [5.74, 6) is -0.240. The Morgan fingerprint density at radius 2 is 1.02 bits per heavy atom. The van der Waals surface area contributed by atoms with Gasteiger partial charge in [-0.3, -0.25) is 4.79 Å². The average molecular weight is 617 g/mol. The SMILES string of the molecule is CC/C=C\C/C=C\C/C=C\C/C=C\CCCCC(=O)OC(CO)COCCCCCCCCCCCCCCCCCCC. The summed E-state index contributed by atoms with van der Waals surface area (Å²) in [4.78, 5) is 12.1. The Balaban J connectivity index is 3.49. The van der Waals surface area contributed by atoms with E-state index in [4.69, 9.17) is 9.47 Å². The molecule has 0 rings (SSSR count). The molecular weight excluding hydrogens is 544 g/mol. The first-order valence-electron chi connectivity index (χ1n) is 18.7. The van der Waals surface area contributed by atoms with Gasteiger partial charge in [-0.1, -0.05) is 165 Å². The summed E-state index contributed by atoms with van der Waals surface area (Å²) >= 11 is 0. The van der Waals surface area contributed by atoms with Crippen LogP contribution in [0.2, 0.25) is 0 Å². The molecule has 0 bridgehead atoms. The molecule has 1 unspecified atom stereocenters. The number of hydrogen-bond donors (Lipinski definition) is 1. The summed E-state index contributed by atoms with van der Waals surface area (Å²) in [5.41, 5.74) is 0.